The van der Waals surface area contributed by atoms with E-state index >= 15 is 0 Å². The number of carbonyl (C=O) groups is 1. The van der Waals surface area contributed by atoms with Crippen LogP contribution in [0.5, 0.6) is 0 Å². The minimum absolute atomic E-state index is 0.0171. The average molecular weight is 388 g/mol. The fourth-order valence-electron chi connectivity index (χ4n) is 3.24. The second kappa shape index (κ2) is 6.63. The lowest BCUT2D eigenvalue weighted by Gasteiger charge is -2.26. The van der Waals surface area contributed by atoms with Crippen molar-refractivity contribution in [3.05, 3.63) is 57.8 Å². The van der Waals surface area contributed by atoms with Crippen LogP contribution in [-0.2, 0) is 16.1 Å². The summed E-state index contributed by atoms with van der Waals surface area (Å²) < 4.78 is 6.34. The van der Waals surface area contributed by atoms with E-state index in [0.717, 1.165) is 59.8 Å². The number of halogens is 1. The van der Waals surface area contributed by atoms with Gasteiger partial charge in [-0.2, -0.15) is 0 Å². The van der Waals surface area contributed by atoms with Crippen molar-refractivity contribution in [3.8, 4) is 0 Å². The Bertz CT molecular complexity index is 757. The molecule has 0 radical (unpaired) electrons. The molecule has 1 unspecified atom stereocenters. The number of rotatable bonds is 3. The van der Waals surface area contributed by atoms with Gasteiger partial charge in [0, 0.05) is 36.0 Å². The van der Waals surface area contributed by atoms with Crippen molar-refractivity contribution < 1.29 is 9.53 Å². The van der Waals surface area contributed by atoms with Crippen LogP contribution in [-0.4, -0.2) is 42.1 Å². The fourth-order valence-corrected chi connectivity index (χ4v) is 3.62. The third kappa shape index (κ3) is 3.09. The molecule has 1 aromatic carbocycles. The highest BCUT2D eigenvalue weighted by Crippen LogP contribution is 2.37. The molecular weight excluding hydrogens is 370 g/mol. The standard InChI is InChI=1S/C18H18BrN3O2/c19-13-2-4-15-14(9-13)17(18(23)21-15)16-3-1-12(10-20-16)11-22-5-7-24-8-6-22/h1-4,9-10,17H,5-8,11H2,(H,21,23). The normalized spacial score (nSPS) is 20.7. The zero-order chi connectivity index (χ0) is 16.5. The minimum Gasteiger partial charge on any atom is -0.379 e. The van der Waals surface area contributed by atoms with Crippen molar-refractivity contribution in [2.75, 3.05) is 31.6 Å². The molecule has 1 fully saturated rings. The van der Waals surface area contributed by atoms with E-state index in [0.29, 0.717) is 0 Å². The van der Waals surface area contributed by atoms with Crippen LogP contribution in [0.2, 0.25) is 0 Å². The number of anilines is 1. The van der Waals surface area contributed by atoms with Crippen LogP contribution in [0.1, 0.15) is 22.7 Å². The van der Waals surface area contributed by atoms with Gasteiger partial charge in [0.2, 0.25) is 5.91 Å². The lowest BCUT2D eigenvalue weighted by Crippen LogP contribution is -2.35. The average Bonchev–Trinajstić information content (AvgIpc) is 2.92. The number of ether oxygens (including phenoxy) is 1. The van der Waals surface area contributed by atoms with Gasteiger partial charge >= 0.3 is 0 Å². The van der Waals surface area contributed by atoms with Gasteiger partial charge in [0.15, 0.2) is 0 Å². The summed E-state index contributed by atoms with van der Waals surface area (Å²) in [5.41, 5.74) is 3.79. The first-order chi connectivity index (χ1) is 11.7. The second-order valence-corrected chi connectivity index (χ2v) is 7.05. The molecule has 6 heteroatoms. The number of morpholine rings is 1. The van der Waals surface area contributed by atoms with Gasteiger partial charge in [-0.05, 0) is 35.4 Å². The van der Waals surface area contributed by atoms with Gasteiger partial charge in [-0.15, -0.1) is 0 Å². The Morgan fingerprint density at radius 1 is 1.25 bits per heavy atom. The zero-order valence-corrected chi connectivity index (χ0v) is 14.8. The first kappa shape index (κ1) is 15.7. The second-order valence-electron chi connectivity index (χ2n) is 6.13. The summed E-state index contributed by atoms with van der Waals surface area (Å²) in [5.74, 6) is -0.355. The van der Waals surface area contributed by atoms with E-state index in [9.17, 15) is 4.79 Å². The molecule has 1 aromatic heterocycles. The lowest BCUT2D eigenvalue weighted by atomic mass is 9.96. The third-order valence-corrected chi connectivity index (χ3v) is 4.99. The van der Waals surface area contributed by atoms with E-state index in [1.807, 2.05) is 30.5 Å². The number of fused-ring (bicyclic) bond motifs is 1. The number of aromatic nitrogens is 1. The van der Waals surface area contributed by atoms with Crippen molar-refractivity contribution in [1.82, 2.24) is 9.88 Å². The molecule has 2 aliphatic rings. The Kier molecular flexibility index (Phi) is 4.35. The summed E-state index contributed by atoms with van der Waals surface area (Å²) in [6.07, 6.45) is 1.88. The number of carbonyl (C=O) groups excluding carboxylic acids is 1. The predicted octanol–water partition coefficient (Wildman–Crippen LogP) is 2.76. The van der Waals surface area contributed by atoms with Crippen molar-refractivity contribution in [2.45, 2.75) is 12.5 Å². The highest BCUT2D eigenvalue weighted by molar-refractivity contribution is 9.10. The van der Waals surface area contributed by atoms with Gasteiger partial charge in [0.1, 0.15) is 5.92 Å². The fraction of sp³-hybridized carbons (Fsp3) is 0.333. The van der Waals surface area contributed by atoms with Gasteiger partial charge in [0.25, 0.3) is 0 Å². The van der Waals surface area contributed by atoms with Crippen molar-refractivity contribution in [2.24, 2.45) is 0 Å². The molecule has 124 valence electrons. The molecule has 2 aliphatic heterocycles. The molecule has 5 nitrogen and oxygen atoms in total. The largest absolute Gasteiger partial charge is 0.379 e. The van der Waals surface area contributed by atoms with Crippen LogP contribution in [0.15, 0.2) is 41.0 Å². The molecule has 24 heavy (non-hydrogen) atoms. The summed E-state index contributed by atoms with van der Waals surface area (Å²) >= 11 is 3.48. The summed E-state index contributed by atoms with van der Waals surface area (Å²) in [7, 11) is 0. The van der Waals surface area contributed by atoms with E-state index in [4.69, 9.17) is 4.74 Å². The van der Waals surface area contributed by atoms with Gasteiger partial charge < -0.3 is 10.1 Å². The van der Waals surface area contributed by atoms with Crippen molar-refractivity contribution in [3.63, 3.8) is 0 Å². The number of benzene rings is 1. The minimum atomic E-state index is -0.338. The quantitative estimate of drug-likeness (QED) is 0.879. The molecule has 2 aromatic rings. The first-order valence-corrected chi connectivity index (χ1v) is 8.85. The molecule has 1 N–H and O–H groups in total. The Morgan fingerprint density at radius 3 is 2.83 bits per heavy atom. The van der Waals surface area contributed by atoms with Crippen LogP contribution < -0.4 is 5.32 Å². The molecule has 0 saturated carbocycles. The lowest BCUT2D eigenvalue weighted by molar-refractivity contribution is -0.116. The highest BCUT2D eigenvalue weighted by Gasteiger charge is 2.33. The smallest absolute Gasteiger partial charge is 0.238 e. The van der Waals surface area contributed by atoms with Crippen molar-refractivity contribution in [1.29, 1.82) is 0 Å². The van der Waals surface area contributed by atoms with Gasteiger partial charge in [-0.3, -0.25) is 14.7 Å². The number of pyridine rings is 1. The van der Waals surface area contributed by atoms with E-state index in [1.54, 1.807) is 0 Å². The van der Waals surface area contributed by atoms with E-state index < -0.39 is 0 Å². The molecular formula is C18H18BrN3O2. The van der Waals surface area contributed by atoms with Gasteiger partial charge in [-0.1, -0.05) is 22.0 Å². The molecule has 4 rings (SSSR count). The molecule has 0 spiro atoms. The zero-order valence-electron chi connectivity index (χ0n) is 13.2. The number of hydrogen-bond acceptors (Lipinski definition) is 4. The first-order valence-electron chi connectivity index (χ1n) is 8.06. The summed E-state index contributed by atoms with van der Waals surface area (Å²) in [4.78, 5) is 19.3. The predicted molar refractivity (Wildman–Crippen MR) is 94.9 cm³/mol. The molecule has 1 atom stereocenters. The summed E-state index contributed by atoms with van der Waals surface area (Å²) in [5, 5.41) is 2.93. The Balaban J connectivity index is 1.55. The van der Waals surface area contributed by atoms with Crippen LogP contribution in [0.25, 0.3) is 0 Å². The Hall–Kier alpha value is -1.76. The number of nitrogens with one attached hydrogen (secondary N) is 1. The molecule has 1 saturated heterocycles. The number of amides is 1. The van der Waals surface area contributed by atoms with E-state index in [2.05, 4.69) is 37.2 Å². The molecule has 1 amide bonds. The maximum absolute atomic E-state index is 12.4. The maximum atomic E-state index is 12.4. The molecule has 0 bridgehead atoms. The number of nitrogens with zero attached hydrogens (tertiary/aromatic N) is 2. The van der Waals surface area contributed by atoms with Crippen LogP contribution in [0.4, 0.5) is 5.69 Å². The summed E-state index contributed by atoms with van der Waals surface area (Å²) in [6, 6.07) is 9.88. The Labute approximate surface area is 149 Å². The van der Waals surface area contributed by atoms with E-state index in [1.165, 1.54) is 0 Å². The van der Waals surface area contributed by atoms with Gasteiger partial charge in [-0.25, -0.2) is 0 Å². The summed E-state index contributed by atoms with van der Waals surface area (Å²) in [6.45, 7) is 4.36. The van der Waals surface area contributed by atoms with Crippen LogP contribution in [0.3, 0.4) is 0 Å². The Morgan fingerprint density at radius 2 is 2.08 bits per heavy atom. The monoisotopic (exact) mass is 387 g/mol. The molecule has 3 heterocycles. The SMILES string of the molecule is O=C1Nc2ccc(Br)cc2C1c1ccc(CN2CCOCC2)cn1. The van der Waals surface area contributed by atoms with Crippen molar-refractivity contribution >= 4 is 27.5 Å². The maximum Gasteiger partial charge on any atom is 0.238 e. The van der Waals surface area contributed by atoms with Crippen LogP contribution >= 0.6 is 15.9 Å². The topological polar surface area (TPSA) is 54.5 Å². The number of hydrogen-bond donors (Lipinski definition) is 1. The van der Waals surface area contributed by atoms with E-state index in [-0.39, 0.29) is 11.8 Å². The third-order valence-electron chi connectivity index (χ3n) is 4.50. The van der Waals surface area contributed by atoms with Gasteiger partial charge in [0.05, 0.1) is 18.9 Å². The molecule has 0 aliphatic carbocycles. The highest BCUT2D eigenvalue weighted by atomic mass is 79.9. The van der Waals surface area contributed by atoms with Crippen LogP contribution in [0, 0.1) is 0 Å².